The number of rotatable bonds is 5. The smallest absolute Gasteiger partial charge is 0.152 e. The summed E-state index contributed by atoms with van der Waals surface area (Å²) in [6, 6.07) is 4.16. The number of aryl methyl sites for hydroxylation is 1. The first-order valence-corrected chi connectivity index (χ1v) is 9.46. The molecule has 6 heteroatoms. The summed E-state index contributed by atoms with van der Waals surface area (Å²) in [5, 5.41) is 3.39. The van der Waals surface area contributed by atoms with Gasteiger partial charge in [0.1, 0.15) is 5.82 Å². The van der Waals surface area contributed by atoms with Gasteiger partial charge in [0.25, 0.3) is 0 Å². The van der Waals surface area contributed by atoms with Gasteiger partial charge >= 0.3 is 0 Å². The van der Waals surface area contributed by atoms with Crippen molar-refractivity contribution in [3.05, 3.63) is 23.4 Å². The Morgan fingerprint density at radius 3 is 2.86 bits per heavy atom. The van der Waals surface area contributed by atoms with E-state index in [0.717, 1.165) is 37.6 Å². The molecule has 1 aromatic heterocycles. The molecule has 0 aliphatic carbocycles. The number of nitrogens with one attached hydrogen (secondary N) is 1. The summed E-state index contributed by atoms with van der Waals surface area (Å²) in [4.78, 5) is 6.68. The zero-order chi connectivity index (χ0) is 15.3. The number of nitrogens with zero attached hydrogens (tertiary/aromatic N) is 2. The van der Waals surface area contributed by atoms with Crippen molar-refractivity contribution in [3.63, 3.8) is 0 Å². The highest BCUT2D eigenvalue weighted by atomic mass is 32.2. The monoisotopic (exact) mass is 311 g/mol. The Bertz CT molecular complexity index is 572. The Morgan fingerprint density at radius 2 is 2.10 bits per heavy atom. The number of anilines is 1. The third-order valence-electron chi connectivity index (χ3n) is 3.64. The third kappa shape index (κ3) is 4.97. The molecule has 0 spiro atoms. The predicted molar refractivity (Wildman–Crippen MR) is 86.5 cm³/mol. The van der Waals surface area contributed by atoms with Crippen LogP contribution in [0.25, 0.3) is 0 Å². The Balaban J connectivity index is 2.11. The van der Waals surface area contributed by atoms with E-state index in [1.165, 1.54) is 5.56 Å². The molecule has 0 unspecified atom stereocenters. The molecule has 2 rings (SSSR count). The Kier molecular flexibility index (Phi) is 5.58. The zero-order valence-electron chi connectivity index (χ0n) is 12.9. The van der Waals surface area contributed by atoms with Gasteiger partial charge in [-0.15, -0.1) is 0 Å². The lowest BCUT2D eigenvalue weighted by molar-refractivity contribution is 0.597. The van der Waals surface area contributed by atoms with Gasteiger partial charge in [0.15, 0.2) is 9.84 Å². The van der Waals surface area contributed by atoms with E-state index < -0.39 is 9.84 Å². The van der Waals surface area contributed by atoms with Crippen LogP contribution in [0.4, 0.5) is 5.82 Å². The summed E-state index contributed by atoms with van der Waals surface area (Å²) in [6.07, 6.45) is 1.79. The number of aromatic nitrogens is 1. The van der Waals surface area contributed by atoms with E-state index in [4.69, 9.17) is 0 Å². The van der Waals surface area contributed by atoms with E-state index in [1.54, 1.807) is 0 Å². The summed E-state index contributed by atoms with van der Waals surface area (Å²) in [7, 11) is -2.88. The normalized spacial score (nSPS) is 18.5. The lowest BCUT2D eigenvalue weighted by atomic mass is 10.2. The van der Waals surface area contributed by atoms with Gasteiger partial charge in [0, 0.05) is 25.3 Å². The average Bonchev–Trinajstić information content (AvgIpc) is 2.59. The summed E-state index contributed by atoms with van der Waals surface area (Å²) in [5.74, 6) is 1.42. The van der Waals surface area contributed by atoms with Crippen LogP contribution >= 0.6 is 0 Å². The molecule has 2 heterocycles. The molecule has 0 amide bonds. The van der Waals surface area contributed by atoms with Crippen molar-refractivity contribution in [3.8, 4) is 0 Å². The number of sulfone groups is 1. The highest BCUT2D eigenvalue weighted by molar-refractivity contribution is 7.91. The second kappa shape index (κ2) is 7.22. The first-order valence-electron chi connectivity index (χ1n) is 7.64. The third-order valence-corrected chi connectivity index (χ3v) is 5.35. The average molecular weight is 311 g/mol. The van der Waals surface area contributed by atoms with Gasteiger partial charge in [0.2, 0.25) is 0 Å². The van der Waals surface area contributed by atoms with Crippen LogP contribution in [0.5, 0.6) is 0 Å². The summed E-state index contributed by atoms with van der Waals surface area (Å²) in [5.41, 5.74) is 2.19. The lowest BCUT2D eigenvalue weighted by Gasteiger charge is -2.22. The Hall–Kier alpha value is -1.14. The van der Waals surface area contributed by atoms with Crippen molar-refractivity contribution in [2.24, 2.45) is 0 Å². The minimum Gasteiger partial charge on any atom is -0.356 e. The maximum Gasteiger partial charge on any atom is 0.152 e. The first kappa shape index (κ1) is 16.2. The maximum absolute atomic E-state index is 11.7. The molecule has 5 nitrogen and oxygen atoms in total. The molecule has 0 atom stereocenters. The minimum atomic E-state index is -2.88. The van der Waals surface area contributed by atoms with Crippen molar-refractivity contribution in [2.75, 3.05) is 36.0 Å². The van der Waals surface area contributed by atoms with Crippen LogP contribution in [-0.4, -0.2) is 44.5 Å². The second-order valence-corrected chi connectivity index (χ2v) is 7.95. The zero-order valence-corrected chi connectivity index (χ0v) is 13.7. The van der Waals surface area contributed by atoms with Crippen LogP contribution in [0.15, 0.2) is 12.1 Å². The quantitative estimate of drug-likeness (QED) is 0.835. The second-order valence-electron chi connectivity index (χ2n) is 5.64. The van der Waals surface area contributed by atoms with E-state index in [1.807, 2.05) is 6.92 Å². The fraction of sp³-hybridized carbons (Fsp3) is 0.667. The van der Waals surface area contributed by atoms with Crippen molar-refractivity contribution < 1.29 is 8.42 Å². The van der Waals surface area contributed by atoms with Crippen LogP contribution in [0.1, 0.15) is 31.0 Å². The summed E-state index contributed by atoms with van der Waals surface area (Å²) in [6.45, 7) is 7.27. The molecule has 21 heavy (non-hydrogen) atoms. The molecule has 1 aliphatic rings. The van der Waals surface area contributed by atoms with E-state index in [9.17, 15) is 8.42 Å². The van der Waals surface area contributed by atoms with Crippen LogP contribution in [-0.2, 0) is 16.4 Å². The molecule has 1 saturated heterocycles. The molecule has 1 N–H and O–H groups in total. The molecule has 1 aliphatic heterocycles. The molecule has 0 radical (unpaired) electrons. The van der Waals surface area contributed by atoms with Gasteiger partial charge < -0.3 is 10.2 Å². The van der Waals surface area contributed by atoms with Gasteiger partial charge in [-0.2, -0.15) is 0 Å². The Morgan fingerprint density at radius 1 is 1.29 bits per heavy atom. The molecular weight excluding hydrogens is 286 g/mol. The van der Waals surface area contributed by atoms with Crippen LogP contribution in [0.2, 0.25) is 0 Å². The molecule has 118 valence electrons. The number of hydrogen-bond donors (Lipinski definition) is 1. The van der Waals surface area contributed by atoms with Gasteiger partial charge in [0.05, 0.1) is 11.5 Å². The molecule has 1 fully saturated rings. The molecule has 0 bridgehead atoms. The summed E-state index contributed by atoms with van der Waals surface area (Å²) < 4.78 is 23.4. The van der Waals surface area contributed by atoms with Crippen LogP contribution < -0.4 is 10.2 Å². The van der Waals surface area contributed by atoms with Gasteiger partial charge in [-0.05, 0) is 44.0 Å². The van der Waals surface area contributed by atoms with Gasteiger partial charge in [-0.1, -0.05) is 6.92 Å². The molecule has 0 saturated carbocycles. The Labute approximate surface area is 127 Å². The molecular formula is C15H25N3O2S. The van der Waals surface area contributed by atoms with Crippen LogP contribution in [0, 0.1) is 6.92 Å². The largest absolute Gasteiger partial charge is 0.356 e. The molecule has 0 aromatic carbocycles. The first-order chi connectivity index (χ1) is 10.00. The van der Waals surface area contributed by atoms with Gasteiger partial charge in [-0.25, -0.2) is 13.4 Å². The SMILES string of the molecule is CCCNCc1cc(C)nc(N2CCCS(=O)(=O)CC2)c1. The standard InChI is InChI=1S/C15H25N3O2S/c1-3-5-16-12-14-10-13(2)17-15(11-14)18-6-4-8-21(19,20)9-7-18/h10-11,16H,3-9,12H2,1-2H3. The maximum atomic E-state index is 11.7. The number of hydrogen-bond acceptors (Lipinski definition) is 5. The predicted octanol–water partition coefficient (Wildman–Crippen LogP) is 1.51. The molecule has 1 aromatic rings. The van der Waals surface area contributed by atoms with Crippen molar-refractivity contribution in [1.82, 2.24) is 10.3 Å². The highest BCUT2D eigenvalue weighted by Crippen LogP contribution is 2.18. The highest BCUT2D eigenvalue weighted by Gasteiger charge is 2.20. The van der Waals surface area contributed by atoms with Crippen molar-refractivity contribution in [2.45, 2.75) is 33.2 Å². The van der Waals surface area contributed by atoms with E-state index in [2.05, 4.69) is 34.3 Å². The fourth-order valence-corrected chi connectivity index (χ4v) is 3.83. The van der Waals surface area contributed by atoms with Crippen molar-refractivity contribution in [1.29, 1.82) is 0 Å². The van der Waals surface area contributed by atoms with E-state index in [0.29, 0.717) is 18.7 Å². The van der Waals surface area contributed by atoms with E-state index in [-0.39, 0.29) is 5.75 Å². The minimum absolute atomic E-state index is 0.228. The fourth-order valence-electron chi connectivity index (χ4n) is 2.56. The summed E-state index contributed by atoms with van der Waals surface area (Å²) >= 11 is 0. The van der Waals surface area contributed by atoms with E-state index >= 15 is 0 Å². The van der Waals surface area contributed by atoms with Gasteiger partial charge in [-0.3, -0.25) is 0 Å². The van der Waals surface area contributed by atoms with Crippen LogP contribution in [0.3, 0.4) is 0 Å². The topological polar surface area (TPSA) is 62.3 Å². The van der Waals surface area contributed by atoms with Crippen molar-refractivity contribution >= 4 is 15.7 Å². The lowest BCUT2D eigenvalue weighted by Crippen LogP contribution is -2.28. The number of pyridine rings is 1.